The summed E-state index contributed by atoms with van der Waals surface area (Å²) in [5.41, 5.74) is 0.768. The number of aryl methyl sites for hydroxylation is 1. The van der Waals surface area contributed by atoms with Gasteiger partial charge in [0.1, 0.15) is 23.0 Å². The van der Waals surface area contributed by atoms with Crippen LogP contribution in [0.5, 0.6) is 17.2 Å². The number of phenolic OH excluding ortho intramolecular Hbond substituents is 1. The summed E-state index contributed by atoms with van der Waals surface area (Å²) in [6.07, 6.45) is 1.59. The fraction of sp³-hybridized carbons (Fsp3) is 0.214. The molecule has 0 radical (unpaired) electrons. The average Bonchev–Trinajstić information content (AvgIpc) is 3.44. The number of aliphatic hydroxyl groups excluding tert-OH is 1. The second-order valence-electron chi connectivity index (χ2n) is 8.36. The quantitative estimate of drug-likeness (QED) is 0.129. The average molecular weight is 551 g/mol. The Morgan fingerprint density at radius 1 is 1.21 bits per heavy atom. The highest BCUT2D eigenvalue weighted by Gasteiger charge is 2.48. The molecule has 2 N–H and O–H groups in total. The summed E-state index contributed by atoms with van der Waals surface area (Å²) in [5.74, 6) is -2.42. The van der Waals surface area contributed by atoms with Crippen molar-refractivity contribution in [3.05, 3.63) is 82.4 Å². The fourth-order valence-corrected chi connectivity index (χ4v) is 5.09. The summed E-state index contributed by atoms with van der Waals surface area (Å²) in [6, 6.07) is 9.53. The normalized spacial score (nSPS) is 16.3. The Labute approximate surface area is 228 Å². The number of aliphatic hydroxyl groups is 1. The molecule has 0 bridgehead atoms. The number of Topliss-reactive ketones (excluding diaryl/α,β-unsaturated/α-hetero) is 1. The van der Waals surface area contributed by atoms with Crippen LogP contribution in [0.2, 0.25) is 0 Å². The highest BCUT2D eigenvalue weighted by atomic mass is 32.1. The van der Waals surface area contributed by atoms with Gasteiger partial charge in [0, 0.05) is 5.56 Å². The fourth-order valence-electron chi connectivity index (χ4n) is 4.10. The molecule has 1 unspecified atom stereocenters. The predicted molar refractivity (Wildman–Crippen MR) is 144 cm³/mol. The first kappa shape index (κ1) is 27.4. The number of amides is 1. The van der Waals surface area contributed by atoms with E-state index in [9.17, 15) is 24.6 Å². The lowest BCUT2D eigenvalue weighted by atomic mass is 9.95. The number of thiazole rings is 1. The summed E-state index contributed by atoms with van der Waals surface area (Å²) >= 11 is 0.899. The molecule has 3 aromatic rings. The lowest BCUT2D eigenvalue weighted by Gasteiger charge is -2.23. The van der Waals surface area contributed by atoms with Gasteiger partial charge in [-0.1, -0.05) is 30.1 Å². The summed E-state index contributed by atoms with van der Waals surface area (Å²) in [7, 11) is 1.36. The number of aromatic hydroxyl groups is 1. The Balaban J connectivity index is 1.89. The third kappa shape index (κ3) is 5.21. The van der Waals surface area contributed by atoms with E-state index in [1.165, 1.54) is 25.3 Å². The number of ketones is 1. The number of hydrogen-bond acceptors (Lipinski definition) is 10. The number of carbonyl (C=O) groups is 3. The predicted octanol–water partition coefficient (Wildman–Crippen LogP) is 4.53. The van der Waals surface area contributed by atoms with Gasteiger partial charge in [-0.05, 0) is 55.8 Å². The third-order valence-electron chi connectivity index (χ3n) is 5.91. The molecule has 0 saturated carbocycles. The largest absolute Gasteiger partial charge is 0.507 e. The van der Waals surface area contributed by atoms with E-state index in [4.69, 9.17) is 14.2 Å². The Bertz CT molecular complexity index is 1480. The van der Waals surface area contributed by atoms with Crippen LogP contribution < -0.4 is 14.4 Å². The van der Waals surface area contributed by atoms with E-state index in [0.29, 0.717) is 23.6 Å². The smallest absolute Gasteiger partial charge is 0.350 e. The summed E-state index contributed by atoms with van der Waals surface area (Å²) < 4.78 is 15.8. The highest BCUT2D eigenvalue weighted by molar-refractivity contribution is 7.17. The van der Waals surface area contributed by atoms with Crippen molar-refractivity contribution in [1.29, 1.82) is 0 Å². The minimum atomic E-state index is -1.14. The molecule has 1 atom stereocenters. The molecular formula is C28H26N2O8S. The van der Waals surface area contributed by atoms with Crippen molar-refractivity contribution < 1.29 is 38.8 Å². The molecule has 1 fully saturated rings. The van der Waals surface area contributed by atoms with Gasteiger partial charge in [-0.25, -0.2) is 9.78 Å². The van der Waals surface area contributed by atoms with E-state index >= 15 is 0 Å². The number of methoxy groups -OCH3 is 1. The number of rotatable bonds is 9. The zero-order valence-corrected chi connectivity index (χ0v) is 22.3. The van der Waals surface area contributed by atoms with Gasteiger partial charge in [0.15, 0.2) is 16.6 Å². The maximum atomic E-state index is 13.4. The van der Waals surface area contributed by atoms with Gasteiger partial charge in [-0.2, -0.15) is 0 Å². The van der Waals surface area contributed by atoms with Crippen molar-refractivity contribution in [3.63, 3.8) is 0 Å². The number of ether oxygens (including phenoxy) is 3. The van der Waals surface area contributed by atoms with Gasteiger partial charge in [0.25, 0.3) is 5.78 Å². The highest BCUT2D eigenvalue weighted by Crippen LogP contribution is 2.45. The molecule has 2 aromatic carbocycles. The molecule has 4 rings (SSSR count). The van der Waals surface area contributed by atoms with Gasteiger partial charge in [0.05, 0.1) is 31.0 Å². The number of esters is 1. The van der Waals surface area contributed by atoms with Crippen molar-refractivity contribution in [2.75, 3.05) is 25.2 Å². The number of hydrogen-bond donors (Lipinski definition) is 2. The molecule has 2 heterocycles. The van der Waals surface area contributed by atoms with E-state index in [-0.39, 0.29) is 39.3 Å². The van der Waals surface area contributed by atoms with E-state index in [2.05, 4.69) is 11.6 Å². The van der Waals surface area contributed by atoms with Gasteiger partial charge < -0.3 is 24.4 Å². The lowest BCUT2D eigenvalue weighted by molar-refractivity contribution is -0.132. The summed E-state index contributed by atoms with van der Waals surface area (Å²) in [6.45, 7) is 7.31. The Hall–Kier alpha value is -4.64. The molecular weight excluding hydrogens is 524 g/mol. The maximum Gasteiger partial charge on any atom is 0.350 e. The van der Waals surface area contributed by atoms with Crippen LogP contribution in [0.4, 0.5) is 5.13 Å². The first-order valence-corrected chi connectivity index (χ1v) is 12.7. The van der Waals surface area contributed by atoms with Gasteiger partial charge in [-0.3, -0.25) is 14.5 Å². The van der Waals surface area contributed by atoms with Crippen LogP contribution in [0.1, 0.15) is 39.5 Å². The first-order chi connectivity index (χ1) is 18.7. The lowest BCUT2D eigenvalue weighted by Crippen LogP contribution is -2.29. The Kier molecular flexibility index (Phi) is 8.01. The molecule has 1 aliphatic heterocycles. The first-order valence-electron chi connectivity index (χ1n) is 11.9. The molecule has 1 aliphatic rings. The second kappa shape index (κ2) is 11.4. The van der Waals surface area contributed by atoms with Gasteiger partial charge in [0.2, 0.25) is 0 Å². The number of phenols is 1. The van der Waals surface area contributed by atoms with Crippen molar-refractivity contribution in [2.24, 2.45) is 0 Å². The van der Waals surface area contributed by atoms with Crippen molar-refractivity contribution >= 4 is 39.9 Å². The zero-order chi connectivity index (χ0) is 28.3. The van der Waals surface area contributed by atoms with Crippen molar-refractivity contribution in [1.82, 2.24) is 4.98 Å². The Morgan fingerprint density at radius 2 is 1.92 bits per heavy atom. The molecule has 1 aromatic heterocycles. The van der Waals surface area contributed by atoms with Crippen LogP contribution in [0, 0.1) is 6.92 Å². The Morgan fingerprint density at radius 3 is 2.56 bits per heavy atom. The van der Waals surface area contributed by atoms with Crippen molar-refractivity contribution in [3.8, 4) is 17.2 Å². The monoisotopic (exact) mass is 550 g/mol. The zero-order valence-electron chi connectivity index (χ0n) is 21.5. The number of nitrogens with zero attached hydrogens (tertiary/aromatic N) is 2. The number of carbonyl (C=O) groups excluding carboxylic acids is 3. The van der Waals surface area contributed by atoms with Crippen LogP contribution in [0.15, 0.2) is 60.7 Å². The van der Waals surface area contributed by atoms with E-state index < -0.39 is 29.5 Å². The SMILES string of the molecule is C=CCOc1ccc(/C(O)=C2\C(=O)C(=O)N(c3nc(C)c(C(=O)OCC)s3)C2c2ccc(O)c(OC)c2)cc1. The summed E-state index contributed by atoms with van der Waals surface area (Å²) in [5, 5.41) is 21.5. The number of benzene rings is 2. The van der Waals surface area contributed by atoms with Gasteiger partial charge >= 0.3 is 11.9 Å². The molecule has 202 valence electrons. The molecule has 11 heteroatoms. The topological polar surface area (TPSA) is 135 Å². The summed E-state index contributed by atoms with van der Waals surface area (Å²) in [4.78, 5) is 45.0. The van der Waals surface area contributed by atoms with Crippen LogP contribution in [-0.4, -0.2) is 53.2 Å². The minimum Gasteiger partial charge on any atom is -0.507 e. The second-order valence-corrected chi connectivity index (χ2v) is 9.33. The maximum absolute atomic E-state index is 13.4. The molecule has 1 saturated heterocycles. The van der Waals surface area contributed by atoms with Crippen LogP contribution in [0.25, 0.3) is 5.76 Å². The van der Waals surface area contributed by atoms with Crippen LogP contribution >= 0.6 is 11.3 Å². The third-order valence-corrected chi connectivity index (χ3v) is 7.05. The van der Waals surface area contributed by atoms with E-state index in [0.717, 1.165) is 16.2 Å². The number of anilines is 1. The van der Waals surface area contributed by atoms with E-state index in [1.54, 1.807) is 44.2 Å². The molecule has 0 aliphatic carbocycles. The number of aromatic nitrogens is 1. The van der Waals surface area contributed by atoms with Crippen molar-refractivity contribution in [2.45, 2.75) is 19.9 Å². The molecule has 39 heavy (non-hydrogen) atoms. The minimum absolute atomic E-state index is 0.0712. The van der Waals surface area contributed by atoms with Crippen LogP contribution in [-0.2, 0) is 14.3 Å². The standard InChI is InChI=1S/C28H26N2O8S/c1-5-13-38-18-10-7-16(8-11-18)23(32)21-22(17-9-12-19(31)20(14-17)36-4)30(26(34)24(21)33)28-29-15(3)25(39-28)27(35)37-6-2/h5,7-12,14,22,31-32H,1,6,13H2,2-4H3/b23-21+. The molecule has 1 amide bonds. The molecule has 10 nitrogen and oxygen atoms in total. The van der Waals surface area contributed by atoms with Crippen LogP contribution in [0.3, 0.4) is 0 Å². The molecule has 0 spiro atoms. The van der Waals surface area contributed by atoms with Gasteiger partial charge in [-0.15, -0.1) is 0 Å². The van der Waals surface area contributed by atoms with E-state index in [1.807, 2.05) is 0 Å².